The highest BCUT2D eigenvalue weighted by atomic mass is 19.1. The number of rotatable bonds is 4. The monoisotopic (exact) mass is 438 g/mol. The number of carbonyl (C=O) groups is 1. The Morgan fingerprint density at radius 2 is 1.94 bits per heavy atom. The highest BCUT2D eigenvalue weighted by Gasteiger charge is 2.42. The van der Waals surface area contributed by atoms with Crippen LogP contribution in [0.2, 0.25) is 0 Å². The minimum Gasteiger partial charge on any atom is -0.497 e. The molecule has 1 N–H and O–H groups in total. The number of nitrogens with zero attached hydrogens (tertiary/aromatic N) is 1. The SMILES string of the molecule is COc1ccc(-c2ccc3c(c2)CC(C)(C)[C@H]3NC(=O)O[C@H]2CN3CCC2CC3)c(F)c1. The summed E-state index contributed by atoms with van der Waals surface area (Å²) in [6.45, 7) is 7.39. The summed E-state index contributed by atoms with van der Waals surface area (Å²) in [5, 5.41) is 3.15. The average Bonchev–Trinajstić information content (AvgIpc) is 3.03. The molecule has 4 aliphatic rings. The lowest BCUT2D eigenvalue weighted by Gasteiger charge is -2.44. The average molecular weight is 439 g/mol. The second kappa shape index (κ2) is 8.07. The van der Waals surface area contributed by atoms with E-state index in [0.29, 0.717) is 17.2 Å². The molecule has 0 unspecified atom stereocenters. The third-order valence-corrected chi connectivity index (χ3v) is 7.49. The maximum absolute atomic E-state index is 14.6. The van der Waals surface area contributed by atoms with Crippen molar-refractivity contribution in [3.63, 3.8) is 0 Å². The normalized spacial score (nSPS) is 27.6. The first-order valence-corrected chi connectivity index (χ1v) is 11.5. The van der Waals surface area contributed by atoms with E-state index in [4.69, 9.17) is 9.47 Å². The van der Waals surface area contributed by atoms with Crippen molar-refractivity contribution < 1.29 is 18.7 Å². The minimum atomic E-state index is -0.333. The number of methoxy groups -OCH3 is 1. The first-order chi connectivity index (χ1) is 15.3. The van der Waals surface area contributed by atoms with Crippen molar-refractivity contribution in [2.75, 3.05) is 26.7 Å². The molecule has 3 fully saturated rings. The van der Waals surface area contributed by atoms with Gasteiger partial charge in [0.1, 0.15) is 17.7 Å². The summed E-state index contributed by atoms with van der Waals surface area (Å²) < 4.78 is 25.6. The predicted octanol–water partition coefficient (Wildman–Crippen LogP) is 4.95. The minimum absolute atomic E-state index is 0.0121. The summed E-state index contributed by atoms with van der Waals surface area (Å²) in [4.78, 5) is 15.2. The highest BCUT2D eigenvalue weighted by Crippen LogP contribution is 2.46. The smallest absolute Gasteiger partial charge is 0.407 e. The number of ether oxygens (including phenoxy) is 2. The molecule has 3 saturated heterocycles. The predicted molar refractivity (Wildman–Crippen MR) is 121 cm³/mol. The van der Waals surface area contributed by atoms with Crippen molar-refractivity contribution in [3.05, 3.63) is 53.3 Å². The van der Waals surface area contributed by atoms with Crippen molar-refractivity contribution in [2.24, 2.45) is 11.3 Å². The van der Waals surface area contributed by atoms with Crippen molar-refractivity contribution in [3.8, 4) is 16.9 Å². The van der Waals surface area contributed by atoms with Gasteiger partial charge in [-0.3, -0.25) is 4.90 Å². The second-order valence-corrected chi connectivity index (χ2v) is 10.1. The number of hydrogen-bond donors (Lipinski definition) is 1. The topological polar surface area (TPSA) is 50.8 Å². The molecule has 1 aliphatic carbocycles. The van der Waals surface area contributed by atoms with Crippen LogP contribution in [-0.2, 0) is 11.2 Å². The van der Waals surface area contributed by atoms with E-state index in [0.717, 1.165) is 55.6 Å². The summed E-state index contributed by atoms with van der Waals surface area (Å²) in [7, 11) is 1.53. The molecule has 5 nitrogen and oxygen atoms in total. The largest absolute Gasteiger partial charge is 0.497 e. The van der Waals surface area contributed by atoms with E-state index in [2.05, 4.69) is 24.1 Å². The summed E-state index contributed by atoms with van der Waals surface area (Å²) in [6, 6.07) is 10.8. The van der Waals surface area contributed by atoms with E-state index in [1.807, 2.05) is 18.2 Å². The molecule has 3 heterocycles. The maximum Gasteiger partial charge on any atom is 0.407 e. The molecule has 0 radical (unpaired) electrons. The van der Waals surface area contributed by atoms with Crippen LogP contribution in [0, 0.1) is 17.2 Å². The van der Waals surface area contributed by atoms with E-state index in [-0.39, 0.29) is 29.5 Å². The fraction of sp³-hybridized carbons (Fsp3) is 0.500. The van der Waals surface area contributed by atoms with E-state index >= 15 is 0 Å². The van der Waals surface area contributed by atoms with Gasteiger partial charge in [0.05, 0.1) is 13.2 Å². The number of benzene rings is 2. The molecule has 1 amide bonds. The number of fused-ring (bicyclic) bond motifs is 4. The zero-order valence-electron chi connectivity index (χ0n) is 19.0. The number of amides is 1. The zero-order valence-corrected chi connectivity index (χ0v) is 19.0. The van der Waals surface area contributed by atoms with Crippen LogP contribution in [0.25, 0.3) is 11.1 Å². The van der Waals surface area contributed by atoms with Gasteiger partial charge < -0.3 is 14.8 Å². The van der Waals surface area contributed by atoms with Gasteiger partial charge in [0.25, 0.3) is 0 Å². The first-order valence-electron chi connectivity index (χ1n) is 11.5. The third kappa shape index (κ3) is 3.85. The summed E-state index contributed by atoms with van der Waals surface area (Å²) >= 11 is 0. The van der Waals surface area contributed by atoms with E-state index in [1.54, 1.807) is 12.1 Å². The molecule has 32 heavy (non-hydrogen) atoms. The number of carbonyl (C=O) groups excluding carboxylic acids is 1. The molecular weight excluding hydrogens is 407 g/mol. The molecule has 2 aromatic carbocycles. The molecule has 0 spiro atoms. The van der Waals surface area contributed by atoms with Crippen molar-refractivity contribution in [2.45, 2.75) is 45.3 Å². The zero-order chi connectivity index (χ0) is 22.5. The maximum atomic E-state index is 14.6. The van der Waals surface area contributed by atoms with Crippen LogP contribution < -0.4 is 10.1 Å². The lowest BCUT2D eigenvalue weighted by Crippen LogP contribution is -2.53. The summed E-state index contributed by atoms with van der Waals surface area (Å²) in [6.07, 6.45) is 2.68. The van der Waals surface area contributed by atoms with Gasteiger partial charge in [0.2, 0.25) is 0 Å². The first kappa shape index (κ1) is 21.3. The van der Waals surface area contributed by atoms with Crippen LogP contribution in [-0.4, -0.2) is 43.8 Å². The van der Waals surface area contributed by atoms with Gasteiger partial charge in [0, 0.05) is 18.2 Å². The Morgan fingerprint density at radius 1 is 1.16 bits per heavy atom. The van der Waals surface area contributed by atoms with Gasteiger partial charge in [-0.05, 0) is 72.5 Å². The Labute approximate surface area is 188 Å². The fourth-order valence-electron chi connectivity index (χ4n) is 5.69. The van der Waals surface area contributed by atoms with Crippen LogP contribution >= 0.6 is 0 Å². The Bertz CT molecular complexity index is 1030. The quantitative estimate of drug-likeness (QED) is 0.734. The number of hydrogen-bond acceptors (Lipinski definition) is 4. The van der Waals surface area contributed by atoms with Crippen LogP contribution in [0.15, 0.2) is 36.4 Å². The Kier molecular flexibility index (Phi) is 5.36. The number of nitrogens with one attached hydrogen (secondary N) is 1. The number of piperidine rings is 3. The Morgan fingerprint density at radius 3 is 2.59 bits per heavy atom. The van der Waals surface area contributed by atoms with Gasteiger partial charge in [0.15, 0.2) is 0 Å². The molecule has 2 bridgehead atoms. The lowest BCUT2D eigenvalue weighted by atomic mass is 9.85. The molecule has 6 rings (SSSR count). The van der Waals surface area contributed by atoms with E-state index in [1.165, 1.54) is 13.2 Å². The van der Waals surface area contributed by atoms with Crippen molar-refractivity contribution >= 4 is 6.09 Å². The van der Waals surface area contributed by atoms with Gasteiger partial charge in [-0.2, -0.15) is 0 Å². The van der Waals surface area contributed by atoms with Crippen LogP contribution in [0.1, 0.15) is 43.9 Å². The molecule has 2 atom stereocenters. The summed E-state index contributed by atoms with van der Waals surface area (Å²) in [5.74, 6) is 0.674. The molecule has 170 valence electrons. The van der Waals surface area contributed by atoms with Gasteiger partial charge in [-0.1, -0.05) is 32.0 Å². The van der Waals surface area contributed by atoms with Crippen LogP contribution in [0.5, 0.6) is 5.75 Å². The van der Waals surface area contributed by atoms with Gasteiger partial charge >= 0.3 is 6.09 Å². The molecule has 0 aromatic heterocycles. The third-order valence-electron chi connectivity index (χ3n) is 7.49. The van der Waals surface area contributed by atoms with Gasteiger partial charge in [-0.25, -0.2) is 9.18 Å². The second-order valence-electron chi connectivity index (χ2n) is 10.1. The Hall–Kier alpha value is -2.60. The summed E-state index contributed by atoms with van der Waals surface area (Å²) in [5.41, 5.74) is 3.43. The molecule has 0 saturated carbocycles. The molecule has 3 aliphatic heterocycles. The molecule has 2 aromatic rings. The molecular formula is C26H31FN2O3. The van der Waals surface area contributed by atoms with Crippen LogP contribution in [0.4, 0.5) is 9.18 Å². The number of halogens is 1. The van der Waals surface area contributed by atoms with Crippen molar-refractivity contribution in [1.29, 1.82) is 0 Å². The van der Waals surface area contributed by atoms with Crippen molar-refractivity contribution in [1.82, 2.24) is 10.2 Å². The van der Waals surface area contributed by atoms with E-state index in [9.17, 15) is 9.18 Å². The standard InChI is InChI=1S/C26H31FN2O3/c1-26(2)14-18-12-17(20-7-5-19(31-3)13-22(20)27)4-6-21(18)24(26)28-25(30)32-23-15-29-10-8-16(23)9-11-29/h4-7,12-13,16,23-24H,8-11,14-15H2,1-3H3,(H,28,30)/t23-,24-/m0/s1. The lowest BCUT2D eigenvalue weighted by molar-refractivity contribution is -0.0348. The highest BCUT2D eigenvalue weighted by molar-refractivity contribution is 5.70. The molecule has 6 heteroatoms. The van der Waals surface area contributed by atoms with E-state index < -0.39 is 0 Å². The van der Waals surface area contributed by atoms with Gasteiger partial charge in [-0.15, -0.1) is 0 Å². The Balaban J connectivity index is 1.34. The van der Waals surface area contributed by atoms with Crippen LogP contribution in [0.3, 0.4) is 0 Å². The fourth-order valence-corrected chi connectivity index (χ4v) is 5.69. The number of alkyl carbamates (subject to hydrolysis) is 1.